The highest BCUT2D eigenvalue weighted by Gasteiger charge is 2.40. The Labute approximate surface area is 149 Å². The van der Waals surface area contributed by atoms with Crippen LogP contribution in [0.5, 0.6) is 0 Å². The molecule has 1 aliphatic heterocycles. The van der Waals surface area contributed by atoms with Gasteiger partial charge in [-0.05, 0) is 37.3 Å². The fraction of sp³-hybridized carbons (Fsp3) is 0.111. The van der Waals surface area contributed by atoms with Crippen LogP contribution in [-0.4, -0.2) is 24.1 Å². The van der Waals surface area contributed by atoms with Crippen molar-refractivity contribution in [3.05, 3.63) is 59.1 Å². The summed E-state index contributed by atoms with van der Waals surface area (Å²) in [6, 6.07) is 12.8. The van der Waals surface area contributed by atoms with Crippen molar-refractivity contribution in [3.8, 4) is 0 Å². The quantitative estimate of drug-likeness (QED) is 0.678. The summed E-state index contributed by atoms with van der Waals surface area (Å²) in [5.41, 5.74) is 1.89. The number of nitrogens with one attached hydrogen (secondary N) is 1. The lowest BCUT2D eigenvalue weighted by Crippen LogP contribution is -2.58. The van der Waals surface area contributed by atoms with Gasteiger partial charge in [0.25, 0.3) is 5.91 Å². The van der Waals surface area contributed by atoms with Gasteiger partial charge in [0.1, 0.15) is 0 Å². The Morgan fingerprint density at radius 1 is 1.12 bits per heavy atom. The number of aliphatic imine (C=N–C) groups is 1. The van der Waals surface area contributed by atoms with Crippen LogP contribution in [-0.2, 0) is 9.59 Å². The molecule has 0 radical (unpaired) electrons. The highest BCUT2D eigenvalue weighted by atomic mass is 35.5. The van der Waals surface area contributed by atoms with Crippen LogP contribution in [0.25, 0.3) is 0 Å². The van der Waals surface area contributed by atoms with E-state index in [0.717, 1.165) is 10.5 Å². The summed E-state index contributed by atoms with van der Waals surface area (Å²) < 4.78 is 0. The highest BCUT2D eigenvalue weighted by Crippen LogP contribution is 2.22. The Morgan fingerprint density at radius 2 is 1.84 bits per heavy atom. The lowest BCUT2D eigenvalue weighted by atomic mass is 10.1. The molecule has 1 fully saturated rings. The maximum atomic E-state index is 12.6. The second kappa shape index (κ2) is 6.86. The third-order valence-corrected chi connectivity index (χ3v) is 3.91. The Balaban J connectivity index is 1.89. The lowest BCUT2D eigenvalue weighted by molar-refractivity contribution is -0.131. The van der Waals surface area contributed by atoms with E-state index in [1.165, 1.54) is 6.21 Å². The zero-order valence-corrected chi connectivity index (χ0v) is 14.0. The van der Waals surface area contributed by atoms with Gasteiger partial charge in [-0.15, -0.1) is 0 Å². The molecule has 6 nitrogen and oxygen atoms in total. The molecule has 4 amide bonds. The molecule has 0 aromatic heterocycles. The zero-order chi connectivity index (χ0) is 18.0. The van der Waals surface area contributed by atoms with Crippen LogP contribution in [0.4, 0.5) is 16.2 Å². The number of carbonyl (C=O) groups excluding carboxylic acids is 3. The van der Waals surface area contributed by atoms with Gasteiger partial charge in [-0.3, -0.25) is 19.9 Å². The average Bonchev–Trinajstić information content (AvgIpc) is 2.56. The molecule has 1 heterocycles. The number of hydrogen-bond donors (Lipinski definition) is 1. The maximum Gasteiger partial charge on any atom is 0.335 e. The molecule has 1 atom stereocenters. The summed E-state index contributed by atoms with van der Waals surface area (Å²) in [5, 5.41) is 2.67. The smallest absolute Gasteiger partial charge is 0.276 e. The molecule has 0 aliphatic carbocycles. The number of urea groups is 1. The van der Waals surface area contributed by atoms with E-state index in [2.05, 4.69) is 10.3 Å². The molecule has 0 saturated carbocycles. The standard InChI is InChI=1S/C18H14ClN3O3/c1-11-5-7-14(8-6-11)22-17(24)15(16(23)21-18(22)25)10-20-13-4-2-3-12(19)9-13/h2-10,15H,1H3,(H,21,23,25)/t15-/m1/s1. The van der Waals surface area contributed by atoms with Crippen LogP contribution < -0.4 is 10.2 Å². The number of hydrogen-bond acceptors (Lipinski definition) is 4. The molecule has 0 bridgehead atoms. The van der Waals surface area contributed by atoms with E-state index in [0.29, 0.717) is 16.4 Å². The molecule has 1 N–H and O–H groups in total. The van der Waals surface area contributed by atoms with Gasteiger partial charge in [-0.2, -0.15) is 0 Å². The van der Waals surface area contributed by atoms with Crippen LogP contribution in [0.1, 0.15) is 5.56 Å². The van der Waals surface area contributed by atoms with E-state index >= 15 is 0 Å². The van der Waals surface area contributed by atoms with E-state index in [-0.39, 0.29) is 0 Å². The Bertz CT molecular complexity index is 877. The molecule has 1 saturated heterocycles. The third-order valence-electron chi connectivity index (χ3n) is 3.68. The normalized spacial score (nSPS) is 17.9. The van der Waals surface area contributed by atoms with Crippen LogP contribution in [0, 0.1) is 12.8 Å². The summed E-state index contributed by atoms with van der Waals surface area (Å²) >= 11 is 5.89. The Morgan fingerprint density at radius 3 is 2.52 bits per heavy atom. The first-order valence-corrected chi connectivity index (χ1v) is 7.89. The minimum absolute atomic E-state index is 0.391. The number of aryl methyl sites for hydroxylation is 1. The van der Waals surface area contributed by atoms with Gasteiger partial charge in [0, 0.05) is 11.2 Å². The van der Waals surface area contributed by atoms with E-state index in [9.17, 15) is 14.4 Å². The van der Waals surface area contributed by atoms with Gasteiger partial charge in [-0.25, -0.2) is 9.69 Å². The second-order valence-corrected chi connectivity index (χ2v) is 5.98. The number of imide groups is 2. The lowest BCUT2D eigenvalue weighted by Gasteiger charge is -2.28. The van der Waals surface area contributed by atoms with Crippen molar-refractivity contribution in [1.82, 2.24) is 5.32 Å². The van der Waals surface area contributed by atoms with Crippen molar-refractivity contribution in [2.75, 3.05) is 4.90 Å². The largest absolute Gasteiger partial charge is 0.335 e. The summed E-state index contributed by atoms with van der Waals surface area (Å²) in [4.78, 5) is 41.8. The van der Waals surface area contributed by atoms with Crippen LogP contribution in [0.15, 0.2) is 53.5 Å². The van der Waals surface area contributed by atoms with Gasteiger partial charge in [0.15, 0.2) is 5.92 Å². The van der Waals surface area contributed by atoms with Crippen LogP contribution in [0.3, 0.4) is 0 Å². The molecule has 2 aromatic rings. The molecular weight excluding hydrogens is 342 g/mol. The number of nitrogens with zero attached hydrogens (tertiary/aromatic N) is 2. The predicted octanol–water partition coefficient (Wildman–Crippen LogP) is 3.25. The van der Waals surface area contributed by atoms with Crippen LogP contribution >= 0.6 is 11.6 Å². The molecule has 0 spiro atoms. The summed E-state index contributed by atoms with van der Waals surface area (Å²) in [6.07, 6.45) is 1.22. The monoisotopic (exact) mass is 355 g/mol. The SMILES string of the molecule is Cc1ccc(N2C(=O)NC(=O)[C@@H](C=Nc3cccc(Cl)c3)C2=O)cc1. The second-order valence-electron chi connectivity index (χ2n) is 5.54. The molecule has 2 aromatic carbocycles. The molecule has 3 rings (SSSR count). The van der Waals surface area contributed by atoms with Gasteiger partial charge in [-0.1, -0.05) is 35.4 Å². The number of benzene rings is 2. The van der Waals surface area contributed by atoms with Gasteiger partial charge >= 0.3 is 6.03 Å². The number of anilines is 1. The number of halogens is 1. The van der Waals surface area contributed by atoms with Gasteiger partial charge in [0.05, 0.1) is 11.4 Å². The first-order chi connectivity index (χ1) is 12.0. The molecule has 0 unspecified atom stereocenters. The minimum Gasteiger partial charge on any atom is -0.276 e. The summed E-state index contributed by atoms with van der Waals surface area (Å²) in [5.74, 6) is -2.55. The first kappa shape index (κ1) is 16.9. The van der Waals surface area contributed by atoms with Crippen molar-refractivity contribution in [1.29, 1.82) is 0 Å². The van der Waals surface area contributed by atoms with Crippen molar-refractivity contribution in [2.45, 2.75) is 6.92 Å². The zero-order valence-electron chi connectivity index (χ0n) is 13.3. The average molecular weight is 356 g/mol. The molecular formula is C18H14ClN3O3. The van der Waals surface area contributed by atoms with E-state index in [4.69, 9.17) is 11.6 Å². The predicted molar refractivity (Wildman–Crippen MR) is 95.3 cm³/mol. The van der Waals surface area contributed by atoms with E-state index in [1.807, 2.05) is 6.92 Å². The third kappa shape index (κ3) is 3.59. The van der Waals surface area contributed by atoms with Crippen molar-refractivity contribution >= 4 is 47.0 Å². The number of barbiturate groups is 1. The summed E-state index contributed by atoms with van der Waals surface area (Å²) in [6.45, 7) is 1.89. The Hall–Kier alpha value is -2.99. The van der Waals surface area contributed by atoms with Gasteiger partial charge < -0.3 is 0 Å². The minimum atomic E-state index is -1.20. The van der Waals surface area contributed by atoms with Gasteiger partial charge in [0.2, 0.25) is 5.91 Å². The molecule has 126 valence electrons. The molecule has 7 heteroatoms. The van der Waals surface area contributed by atoms with Crippen LogP contribution in [0.2, 0.25) is 5.02 Å². The molecule has 25 heavy (non-hydrogen) atoms. The Kier molecular flexibility index (Phi) is 4.63. The molecule has 1 aliphatic rings. The first-order valence-electron chi connectivity index (χ1n) is 7.51. The fourth-order valence-electron chi connectivity index (χ4n) is 2.38. The van der Waals surface area contributed by atoms with Crippen molar-refractivity contribution in [3.63, 3.8) is 0 Å². The fourth-order valence-corrected chi connectivity index (χ4v) is 2.56. The van der Waals surface area contributed by atoms with E-state index in [1.54, 1.807) is 48.5 Å². The highest BCUT2D eigenvalue weighted by molar-refractivity contribution is 6.33. The number of carbonyl (C=O) groups is 3. The number of rotatable bonds is 3. The maximum absolute atomic E-state index is 12.6. The number of amides is 4. The topological polar surface area (TPSA) is 78.8 Å². The van der Waals surface area contributed by atoms with Crippen molar-refractivity contribution in [2.24, 2.45) is 10.9 Å². The summed E-state index contributed by atoms with van der Waals surface area (Å²) in [7, 11) is 0. The van der Waals surface area contributed by atoms with E-state index < -0.39 is 23.8 Å². The van der Waals surface area contributed by atoms with Crippen molar-refractivity contribution < 1.29 is 14.4 Å².